The molecule has 7 rings (SSSR count). The molecule has 3 aromatic carbocycles. The quantitative estimate of drug-likeness (QED) is 0.270. The van der Waals surface area contributed by atoms with Gasteiger partial charge in [-0.25, -0.2) is 0 Å². The molecule has 0 radical (unpaired) electrons. The fraction of sp³-hybridized carbons (Fsp3) is 0.395. The van der Waals surface area contributed by atoms with Crippen LogP contribution in [-0.2, 0) is 25.5 Å². The maximum absolute atomic E-state index is 14.5. The molecule has 3 heterocycles. The van der Waals surface area contributed by atoms with Gasteiger partial charge in [-0.05, 0) is 74.6 Å². The lowest BCUT2D eigenvalue weighted by Gasteiger charge is -2.36. The smallest absolute Gasteiger partial charge is 0.246 e. The van der Waals surface area contributed by atoms with Crippen LogP contribution in [0.1, 0.15) is 51.0 Å². The van der Waals surface area contributed by atoms with E-state index in [9.17, 15) is 14.4 Å². The standard InChI is InChI=1S/C38H41N3O5/c1-25(17-18-26-11-5-2-6-12-26)41-34(36(43)40-27-13-7-3-8-14-27)38-24-23-31(46-38)32(33(38)37(41)44)35(42)39-28-19-21-30(22-20-28)45-29-15-9-4-10-16-29/h2,4-6,9-12,15-16,19-25,27,31-34H,3,7-8,13-14,17-18H2,1H3,(H,39,42)(H,40,43)/t25-,31-,32-,33-,34+,38+/m1/s1. The van der Waals surface area contributed by atoms with Gasteiger partial charge >= 0.3 is 0 Å². The molecule has 46 heavy (non-hydrogen) atoms. The van der Waals surface area contributed by atoms with E-state index in [1.807, 2.05) is 67.6 Å². The van der Waals surface area contributed by atoms with Gasteiger partial charge in [-0.15, -0.1) is 0 Å². The molecule has 3 aromatic rings. The van der Waals surface area contributed by atoms with E-state index in [0.29, 0.717) is 17.9 Å². The third kappa shape index (κ3) is 5.71. The maximum Gasteiger partial charge on any atom is 0.246 e. The van der Waals surface area contributed by atoms with Crippen LogP contribution in [0.25, 0.3) is 0 Å². The van der Waals surface area contributed by atoms with Gasteiger partial charge in [0.1, 0.15) is 23.1 Å². The monoisotopic (exact) mass is 619 g/mol. The van der Waals surface area contributed by atoms with Gasteiger partial charge < -0.3 is 25.0 Å². The highest BCUT2D eigenvalue weighted by Gasteiger charge is 2.73. The van der Waals surface area contributed by atoms with Crippen LogP contribution in [0.15, 0.2) is 97.1 Å². The van der Waals surface area contributed by atoms with E-state index in [1.54, 1.807) is 29.2 Å². The predicted octanol–water partition coefficient (Wildman–Crippen LogP) is 6.04. The fourth-order valence-electron chi connectivity index (χ4n) is 7.82. The number of hydrogen-bond acceptors (Lipinski definition) is 5. The van der Waals surface area contributed by atoms with Gasteiger partial charge in [0.15, 0.2) is 0 Å². The second kappa shape index (κ2) is 12.8. The summed E-state index contributed by atoms with van der Waals surface area (Å²) in [5, 5.41) is 6.29. The Bertz CT molecular complexity index is 1590. The number of carbonyl (C=O) groups excluding carboxylic acids is 3. The summed E-state index contributed by atoms with van der Waals surface area (Å²) in [6, 6.07) is 25.8. The molecular weight excluding hydrogens is 578 g/mol. The summed E-state index contributed by atoms with van der Waals surface area (Å²) in [5.41, 5.74) is 0.588. The van der Waals surface area contributed by atoms with Crippen LogP contribution >= 0.6 is 0 Å². The van der Waals surface area contributed by atoms with E-state index in [1.165, 1.54) is 12.0 Å². The highest BCUT2D eigenvalue weighted by atomic mass is 16.5. The number of anilines is 1. The molecule has 3 aliphatic heterocycles. The molecule has 2 bridgehead atoms. The van der Waals surface area contributed by atoms with Crippen LogP contribution in [0.3, 0.4) is 0 Å². The van der Waals surface area contributed by atoms with Crippen LogP contribution in [0.5, 0.6) is 11.5 Å². The first-order valence-electron chi connectivity index (χ1n) is 16.6. The third-order valence-corrected chi connectivity index (χ3v) is 10.1. The number of nitrogens with one attached hydrogen (secondary N) is 2. The van der Waals surface area contributed by atoms with Gasteiger partial charge in [0.2, 0.25) is 17.7 Å². The second-order valence-corrected chi connectivity index (χ2v) is 13.1. The Morgan fingerprint density at radius 2 is 1.59 bits per heavy atom. The average Bonchev–Trinajstić information content (AvgIpc) is 3.73. The highest BCUT2D eigenvalue weighted by molar-refractivity contribution is 6.03. The average molecular weight is 620 g/mol. The molecule has 1 spiro atoms. The van der Waals surface area contributed by atoms with Gasteiger partial charge in [0.25, 0.3) is 0 Å². The number of aryl methyl sites for hydroxylation is 1. The van der Waals surface area contributed by atoms with Crippen LogP contribution in [-0.4, -0.2) is 52.5 Å². The van der Waals surface area contributed by atoms with Crippen LogP contribution in [0.4, 0.5) is 5.69 Å². The lowest BCUT2D eigenvalue weighted by atomic mass is 9.74. The molecule has 8 heteroatoms. The highest BCUT2D eigenvalue weighted by Crippen LogP contribution is 2.56. The number of hydrogen-bond donors (Lipinski definition) is 2. The zero-order valence-electron chi connectivity index (χ0n) is 26.1. The molecule has 1 aliphatic carbocycles. The molecule has 6 atom stereocenters. The first-order valence-corrected chi connectivity index (χ1v) is 16.6. The SMILES string of the molecule is C[C@H](CCc1ccccc1)N1C(=O)[C@H]2[C@H](C(=O)Nc3ccc(Oc4ccccc4)cc3)[C@H]3C=C[C@@]2(O3)[C@@H]1C(=O)NC1CCCCC1. The van der Waals surface area contributed by atoms with Gasteiger partial charge in [0.05, 0.1) is 17.9 Å². The Morgan fingerprint density at radius 3 is 2.30 bits per heavy atom. The summed E-state index contributed by atoms with van der Waals surface area (Å²) in [5.74, 6) is -0.847. The summed E-state index contributed by atoms with van der Waals surface area (Å²) in [6.45, 7) is 2.00. The Morgan fingerprint density at radius 1 is 0.913 bits per heavy atom. The predicted molar refractivity (Wildman–Crippen MR) is 175 cm³/mol. The van der Waals surface area contributed by atoms with Crippen molar-refractivity contribution in [2.24, 2.45) is 11.8 Å². The first kappa shape index (κ1) is 30.2. The minimum atomic E-state index is -1.18. The molecule has 0 unspecified atom stereocenters. The van der Waals surface area contributed by atoms with E-state index in [2.05, 4.69) is 22.8 Å². The third-order valence-electron chi connectivity index (χ3n) is 10.1. The Labute approximate surface area is 270 Å². The number of nitrogens with zero attached hydrogens (tertiary/aromatic N) is 1. The Kier molecular flexibility index (Phi) is 8.38. The van der Waals surface area contributed by atoms with Crippen molar-refractivity contribution in [1.29, 1.82) is 0 Å². The molecule has 238 valence electrons. The largest absolute Gasteiger partial charge is 0.457 e. The summed E-state index contributed by atoms with van der Waals surface area (Å²) >= 11 is 0. The second-order valence-electron chi connectivity index (χ2n) is 13.1. The van der Waals surface area contributed by atoms with Crippen LogP contribution < -0.4 is 15.4 Å². The van der Waals surface area contributed by atoms with Gasteiger partial charge in [-0.3, -0.25) is 14.4 Å². The zero-order valence-corrected chi connectivity index (χ0v) is 26.1. The topological polar surface area (TPSA) is 97.0 Å². The molecule has 2 N–H and O–H groups in total. The van der Waals surface area contributed by atoms with E-state index in [-0.39, 0.29) is 29.8 Å². The number of benzene rings is 3. The van der Waals surface area contributed by atoms with E-state index in [4.69, 9.17) is 9.47 Å². The first-order chi connectivity index (χ1) is 22.4. The van der Waals surface area contributed by atoms with Crippen molar-refractivity contribution in [2.75, 3.05) is 5.32 Å². The van der Waals surface area contributed by atoms with Crippen LogP contribution in [0.2, 0.25) is 0 Å². The summed E-state index contributed by atoms with van der Waals surface area (Å²) in [6.07, 6.45) is 9.84. The molecule has 3 amide bonds. The van der Waals surface area contributed by atoms with Crippen molar-refractivity contribution in [3.8, 4) is 11.5 Å². The van der Waals surface area contributed by atoms with Crippen molar-refractivity contribution in [1.82, 2.24) is 10.2 Å². The minimum Gasteiger partial charge on any atom is -0.457 e. The molecule has 3 fully saturated rings. The normalized spacial score (nSPS) is 27.3. The lowest BCUT2D eigenvalue weighted by Crippen LogP contribution is -2.58. The maximum atomic E-state index is 14.5. The fourth-order valence-corrected chi connectivity index (χ4v) is 7.82. The number of ether oxygens (including phenoxy) is 2. The van der Waals surface area contributed by atoms with Crippen molar-refractivity contribution < 1.29 is 23.9 Å². The Hall–Kier alpha value is -4.43. The number of rotatable bonds is 10. The summed E-state index contributed by atoms with van der Waals surface area (Å²) < 4.78 is 12.5. The van der Waals surface area contributed by atoms with Crippen molar-refractivity contribution in [2.45, 2.75) is 81.7 Å². The van der Waals surface area contributed by atoms with Gasteiger partial charge in [0, 0.05) is 17.8 Å². The number of amides is 3. The lowest BCUT2D eigenvalue weighted by molar-refractivity contribution is -0.143. The van der Waals surface area contributed by atoms with Crippen LogP contribution in [0, 0.1) is 11.8 Å². The minimum absolute atomic E-state index is 0.0868. The molecular formula is C38H41N3O5. The van der Waals surface area contributed by atoms with E-state index in [0.717, 1.165) is 37.9 Å². The molecule has 4 aliphatic rings. The molecule has 0 aromatic heterocycles. The summed E-state index contributed by atoms with van der Waals surface area (Å²) in [4.78, 5) is 44.3. The number of carbonyl (C=O) groups is 3. The van der Waals surface area contributed by atoms with Crippen molar-refractivity contribution >= 4 is 23.4 Å². The molecule has 1 saturated carbocycles. The van der Waals surface area contributed by atoms with Crippen molar-refractivity contribution in [3.05, 3.63) is 103 Å². The molecule has 8 nitrogen and oxygen atoms in total. The number of likely N-dealkylation sites (tertiary alicyclic amines) is 1. The van der Waals surface area contributed by atoms with E-state index >= 15 is 0 Å². The summed E-state index contributed by atoms with van der Waals surface area (Å²) in [7, 11) is 0. The van der Waals surface area contributed by atoms with Crippen molar-refractivity contribution in [3.63, 3.8) is 0 Å². The van der Waals surface area contributed by atoms with Gasteiger partial charge in [-0.1, -0.05) is 79.9 Å². The number of para-hydroxylation sites is 1. The number of fused-ring (bicyclic) bond motifs is 1. The van der Waals surface area contributed by atoms with Gasteiger partial charge in [-0.2, -0.15) is 0 Å². The molecule has 2 saturated heterocycles. The zero-order chi connectivity index (χ0) is 31.7. The van der Waals surface area contributed by atoms with E-state index < -0.39 is 29.6 Å². The Balaban J connectivity index is 1.12.